The highest BCUT2D eigenvalue weighted by Crippen LogP contribution is 2.32. The van der Waals surface area contributed by atoms with Gasteiger partial charge in [0, 0.05) is 6.61 Å². The van der Waals surface area contributed by atoms with E-state index in [1.807, 2.05) is 0 Å². The fourth-order valence-electron chi connectivity index (χ4n) is 3.30. The Labute approximate surface area is 106 Å². The summed E-state index contributed by atoms with van der Waals surface area (Å²) >= 11 is 0. The molecule has 0 spiro atoms. The topological polar surface area (TPSA) is 29.5 Å². The summed E-state index contributed by atoms with van der Waals surface area (Å²) in [5, 5.41) is 10.2. The van der Waals surface area contributed by atoms with Crippen molar-refractivity contribution < 1.29 is 9.84 Å². The molecule has 1 aliphatic heterocycles. The van der Waals surface area contributed by atoms with E-state index in [1.54, 1.807) is 0 Å². The van der Waals surface area contributed by atoms with Crippen LogP contribution in [0.15, 0.2) is 0 Å². The van der Waals surface area contributed by atoms with E-state index >= 15 is 0 Å². The van der Waals surface area contributed by atoms with E-state index in [1.165, 1.54) is 44.9 Å². The first-order chi connectivity index (χ1) is 8.25. The summed E-state index contributed by atoms with van der Waals surface area (Å²) in [6.45, 7) is 3.26. The lowest BCUT2D eigenvalue weighted by Crippen LogP contribution is -2.27. The number of hydrogen-bond donors (Lipinski definition) is 1. The molecule has 0 amide bonds. The van der Waals surface area contributed by atoms with Crippen LogP contribution in [0.4, 0.5) is 0 Å². The fourth-order valence-corrected chi connectivity index (χ4v) is 3.30. The summed E-state index contributed by atoms with van der Waals surface area (Å²) in [5.74, 6) is 1.44. The molecule has 0 bridgehead atoms. The number of aliphatic hydroxyl groups is 1. The second-order valence-corrected chi connectivity index (χ2v) is 6.15. The number of ether oxygens (including phenoxy) is 1. The van der Waals surface area contributed by atoms with E-state index in [-0.39, 0.29) is 6.10 Å². The average molecular weight is 240 g/mol. The standard InChI is InChI=1S/C15H28O2/c1-12-5-7-13(8-6-12)15(16)10-9-14-4-2-3-11-17-14/h12-16H,2-11H2,1H3. The van der Waals surface area contributed by atoms with Crippen LogP contribution < -0.4 is 0 Å². The second kappa shape index (κ2) is 6.75. The smallest absolute Gasteiger partial charge is 0.0576 e. The summed E-state index contributed by atoms with van der Waals surface area (Å²) in [4.78, 5) is 0. The van der Waals surface area contributed by atoms with Crippen LogP contribution in [0.5, 0.6) is 0 Å². The van der Waals surface area contributed by atoms with Crippen molar-refractivity contribution in [1.82, 2.24) is 0 Å². The van der Waals surface area contributed by atoms with Gasteiger partial charge in [0.1, 0.15) is 0 Å². The molecule has 2 atom stereocenters. The minimum absolute atomic E-state index is 0.0759. The van der Waals surface area contributed by atoms with Gasteiger partial charge in [0.05, 0.1) is 12.2 Å². The third-order valence-electron chi connectivity index (χ3n) is 4.66. The van der Waals surface area contributed by atoms with Gasteiger partial charge < -0.3 is 9.84 Å². The molecule has 1 saturated carbocycles. The van der Waals surface area contributed by atoms with Crippen LogP contribution in [0.25, 0.3) is 0 Å². The Balaban J connectivity index is 1.64. The molecule has 0 aromatic rings. The first kappa shape index (κ1) is 13.4. The van der Waals surface area contributed by atoms with Gasteiger partial charge in [-0.1, -0.05) is 19.8 Å². The van der Waals surface area contributed by atoms with Gasteiger partial charge in [0.2, 0.25) is 0 Å². The summed E-state index contributed by atoms with van der Waals surface area (Å²) in [7, 11) is 0. The molecule has 0 aromatic carbocycles. The Hall–Kier alpha value is -0.0800. The predicted molar refractivity (Wildman–Crippen MR) is 70.0 cm³/mol. The molecule has 17 heavy (non-hydrogen) atoms. The number of hydrogen-bond acceptors (Lipinski definition) is 2. The zero-order valence-electron chi connectivity index (χ0n) is 11.2. The van der Waals surface area contributed by atoms with Crippen LogP contribution in [-0.2, 0) is 4.74 Å². The highest BCUT2D eigenvalue weighted by atomic mass is 16.5. The summed E-state index contributed by atoms with van der Waals surface area (Å²) in [5.41, 5.74) is 0. The van der Waals surface area contributed by atoms with Gasteiger partial charge in [-0.15, -0.1) is 0 Å². The largest absolute Gasteiger partial charge is 0.393 e. The molecule has 0 aromatic heterocycles. The average Bonchev–Trinajstić information content (AvgIpc) is 2.38. The molecule has 2 aliphatic rings. The second-order valence-electron chi connectivity index (χ2n) is 6.15. The third kappa shape index (κ3) is 4.26. The van der Waals surface area contributed by atoms with Crippen molar-refractivity contribution in [3.05, 3.63) is 0 Å². The minimum Gasteiger partial charge on any atom is -0.393 e. The lowest BCUT2D eigenvalue weighted by Gasteiger charge is -2.31. The Bertz CT molecular complexity index is 203. The van der Waals surface area contributed by atoms with Crippen molar-refractivity contribution in [1.29, 1.82) is 0 Å². The van der Waals surface area contributed by atoms with Crippen molar-refractivity contribution in [2.45, 2.75) is 76.9 Å². The maximum absolute atomic E-state index is 10.2. The number of rotatable bonds is 4. The molecule has 2 unspecified atom stereocenters. The molecule has 0 radical (unpaired) electrons. The van der Waals surface area contributed by atoms with E-state index < -0.39 is 0 Å². The molecule has 1 N–H and O–H groups in total. The maximum atomic E-state index is 10.2. The molecular weight excluding hydrogens is 212 g/mol. The fraction of sp³-hybridized carbons (Fsp3) is 1.00. The lowest BCUT2D eigenvalue weighted by atomic mass is 9.79. The van der Waals surface area contributed by atoms with Crippen LogP contribution in [0, 0.1) is 11.8 Å². The highest BCUT2D eigenvalue weighted by Gasteiger charge is 2.25. The van der Waals surface area contributed by atoms with Crippen LogP contribution in [0.1, 0.15) is 64.7 Å². The maximum Gasteiger partial charge on any atom is 0.0576 e. The summed E-state index contributed by atoms with van der Waals surface area (Å²) in [6, 6.07) is 0. The molecule has 1 heterocycles. The van der Waals surface area contributed by atoms with Crippen molar-refractivity contribution >= 4 is 0 Å². The molecule has 1 aliphatic carbocycles. The van der Waals surface area contributed by atoms with Crippen LogP contribution >= 0.6 is 0 Å². The van der Waals surface area contributed by atoms with Crippen LogP contribution in [0.2, 0.25) is 0 Å². The van der Waals surface area contributed by atoms with E-state index in [0.717, 1.165) is 25.4 Å². The van der Waals surface area contributed by atoms with Crippen molar-refractivity contribution in [2.24, 2.45) is 11.8 Å². The molecule has 2 rings (SSSR count). The molecule has 2 fully saturated rings. The monoisotopic (exact) mass is 240 g/mol. The SMILES string of the molecule is CC1CCC(C(O)CCC2CCCCO2)CC1. The Morgan fingerprint density at radius 3 is 2.53 bits per heavy atom. The zero-order valence-corrected chi connectivity index (χ0v) is 11.2. The lowest BCUT2D eigenvalue weighted by molar-refractivity contribution is -0.00651. The quantitative estimate of drug-likeness (QED) is 0.814. The molecular formula is C15H28O2. The van der Waals surface area contributed by atoms with E-state index in [4.69, 9.17) is 4.74 Å². The Morgan fingerprint density at radius 1 is 1.12 bits per heavy atom. The normalized spacial score (nSPS) is 36.7. The van der Waals surface area contributed by atoms with Crippen molar-refractivity contribution in [3.63, 3.8) is 0 Å². The molecule has 1 saturated heterocycles. The van der Waals surface area contributed by atoms with Gasteiger partial charge >= 0.3 is 0 Å². The summed E-state index contributed by atoms with van der Waals surface area (Å²) in [6.07, 6.45) is 11.2. The highest BCUT2D eigenvalue weighted by molar-refractivity contribution is 4.77. The minimum atomic E-state index is -0.0759. The number of aliphatic hydroxyl groups excluding tert-OH is 1. The molecule has 2 nitrogen and oxygen atoms in total. The summed E-state index contributed by atoms with van der Waals surface area (Å²) < 4.78 is 5.72. The van der Waals surface area contributed by atoms with E-state index in [9.17, 15) is 5.11 Å². The Morgan fingerprint density at radius 2 is 1.88 bits per heavy atom. The van der Waals surface area contributed by atoms with Gasteiger partial charge in [-0.3, -0.25) is 0 Å². The molecule has 100 valence electrons. The van der Waals surface area contributed by atoms with Gasteiger partial charge in [0.25, 0.3) is 0 Å². The van der Waals surface area contributed by atoms with Gasteiger partial charge in [-0.25, -0.2) is 0 Å². The zero-order chi connectivity index (χ0) is 12.1. The van der Waals surface area contributed by atoms with E-state index in [2.05, 4.69) is 6.92 Å². The van der Waals surface area contributed by atoms with Crippen LogP contribution in [-0.4, -0.2) is 23.9 Å². The van der Waals surface area contributed by atoms with Crippen molar-refractivity contribution in [3.8, 4) is 0 Å². The van der Waals surface area contributed by atoms with Gasteiger partial charge in [0.15, 0.2) is 0 Å². The van der Waals surface area contributed by atoms with Crippen molar-refractivity contribution in [2.75, 3.05) is 6.61 Å². The van der Waals surface area contributed by atoms with E-state index in [0.29, 0.717) is 12.0 Å². The van der Waals surface area contributed by atoms with Crippen LogP contribution in [0.3, 0.4) is 0 Å². The van der Waals surface area contributed by atoms with Gasteiger partial charge in [-0.2, -0.15) is 0 Å². The van der Waals surface area contributed by atoms with Gasteiger partial charge in [-0.05, 0) is 56.8 Å². The predicted octanol–water partition coefficient (Wildman–Crippen LogP) is 3.52. The Kier molecular flexibility index (Phi) is 5.30. The first-order valence-corrected chi connectivity index (χ1v) is 7.55. The first-order valence-electron chi connectivity index (χ1n) is 7.55. The third-order valence-corrected chi connectivity index (χ3v) is 4.66. The molecule has 2 heteroatoms.